The predicted octanol–water partition coefficient (Wildman–Crippen LogP) is 0.875. The number of rotatable bonds is 4. The van der Waals surface area contributed by atoms with Gasteiger partial charge in [0, 0.05) is 20.1 Å². The van der Waals surface area contributed by atoms with Gasteiger partial charge in [-0.2, -0.15) is 0 Å². The lowest BCUT2D eigenvalue weighted by molar-refractivity contribution is 0.474. The van der Waals surface area contributed by atoms with Gasteiger partial charge in [-0.3, -0.25) is 0 Å². The molecule has 0 radical (unpaired) electrons. The number of aromatic nitrogens is 3. The minimum absolute atomic E-state index is 0.285. The molecule has 1 heterocycles. The van der Waals surface area contributed by atoms with Gasteiger partial charge in [0.25, 0.3) is 0 Å². The number of phenols is 1. The van der Waals surface area contributed by atoms with Crippen LogP contribution in [-0.2, 0) is 12.8 Å². The van der Waals surface area contributed by atoms with Gasteiger partial charge in [-0.15, -0.1) is 10.2 Å². The molecule has 1 aliphatic carbocycles. The highest BCUT2D eigenvalue weighted by Gasteiger charge is 2.20. The first kappa shape index (κ1) is 13.1. The molecule has 1 aromatic heterocycles. The second-order valence-electron chi connectivity index (χ2n) is 5.22. The molecule has 6 nitrogen and oxygen atoms in total. The van der Waals surface area contributed by atoms with Gasteiger partial charge in [-0.25, -0.2) is 4.98 Å². The van der Waals surface area contributed by atoms with Crippen LogP contribution in [-0.4, -0.2) is 47.5 Å². The number of aryl methyl sites for hydroxylation is 1. The molecule has 1 aliphatic rings. The Morgan fingerprint density at radius 3 is 3.00 bits per heavy atom. The Morgan fingerprint density at radius 2 is 2.20 bits per heavy atom. The molecule has 2 aromatic rings. The van der Waals surface area contributed by atoms with E-state index >= 15 is 0 Å². The van der Waals surface area contributed by atoms with Crippen molar-refractivity contribution >= 4 is 17.0 Å². The Balaban J connectivity index is 2.02. The van der Waals surface area contributed by atoms with Crippen molar-refractivity contribution in [2.75, 3.05) is 32.1 Å². The van der Waals surface area contributed by atoms with Gasteiger partial charge in [0.2, 0.25) is 5.95 Å². The molecule has 0 aliphatic heterocycles. The monoisotopic (exact) mass is 273 g/mol. The van der Waals surface area contributed by atoms with Crippen LogP contribution in [0, 0.1) is 0 Å². The van der Waals surface area contributed by atoms with E-state index in [4.69, 9.17) is 0 Å². The summed E-state index contributed by atoms with van der Waals surface area (Å²) in [7, 11) is 3.83. The van der Waals surface area contributed by atoms with Crippen molar-refractivity contribution in [3.05, 3.63) is 17.2 Å². The molecule has 6 heteroatoms. The number of nitrogens with one attached hydrogen (secondary N) is 1. The standard InChI is InChI=1S/C14H19N5O/c1-15-6-7-19(2)14-16-12-11(17-18-14)8-9-4-3-5-10(9)13(12)20/h8,15,20H,3-7H2,1-2H3. The quantitative estimate of drug-likeness (QED) is 0.861. The van der Waals surface area contributed by atoms with Crippen molar-refractivity contribution in [1.29, 1.82) is 0 Å². The minimum atomic E-state index is 0.285. The number of benzene rings is 1. The largest absolute Gasteiger partial charge is 0.505 e. The van der Waals surface area contributed by atoms with Crippen LogP contribution in [0.2, 0.25) is 0 Å². The summed E-state index contributed by atoms with van der Waals surface area (Å²) in [5.41, 5.74) is 3.45. The summed E-state index contributed by atoms with van der Waals surface area (Å²) in [6.45, 7) is 1.63. The van der Waals surface area contributed by atoms with E-state index in [1.807, 2.05) is 25.1 Å². The Kier molecular flexibility index (Phi) is 3.40. The first-order valence-electron chi connectivity index (χ1n) is 6.94. The normalized spacial score (nSPS) is 13.7. The summed E-state index contributed by atoms with van der Waals surface area (Å²) in [4.78, 5) is 6.41. The van der Waals surface area contributed by atoms with Crippen molar-refractivity contribution < 1.29 is 5.11 Å². The van der Waals surface area contributed by atoms with Crippen LogP contribution in [0.4, 0.5) is 5.95 Å². The lowest BCUT2D eigenvalue weighted by Crippen LogP contribution is -2.28. The van der Waals surface area contributed by atoms with Crippen LogP contribution in [0.1, 0.15) is 17.5 Å². The summed E-state index contributed by atoms with van der Waals surface area (Å²) in [5, 5.41) is 21.8. The first-order chi connectivity index (χ1) is 9.70. The molecule has 1 aromatic carbocycles. The van der Waals surface area contributed by atoms with E-state index in [1.54, 1.807) is 0 Å². The maximum atomic E-state index is 10.4. The zero-order valence-corrected chi connectivity index (χ0v) is 11.8. The van der Waals surface area contributed by atoms with Crippen molar-refractivity contribution in [3.8, 4) is 5.75 Å². The lowest BCUT2D eigenvalue weighted by atomic mass is 10.1. The van der Waals surface area contributed by atoms with E-state index in [-0.39, 0.29) is 5.75 Å². The van der Waals surface area contributed by atoms with Crippen molar-refractivity contribution in [2.45, 2.75) is 19.3 Å². The molecule has 106 valence electrons. The third kappa shape index (κ3) is 2.16. The SMILES string of the molecule is CNCCN(C)c1nnc2cc3c(c(O)c2n1)CCC3. The smallest absolute Gasteiger partial charge is 0.245 e. The van der Waals surface area contributed by atoms with E-state index < -0.39 is 0 Å². The Morgan fingerprint density at radius 1 is 1.35 bits per heavy atom. The molecule has 20 heavy (non-hydrogen) atoms. The van der Waals surface area contributed by atoms with Crippen molar-refractivity contribution in [1.82, 2.24) is 20.5 Å². The van der Waals surface area contributed by atoms with Gasteiger partial charge >= 0.3 is 0 Å². The second kappa shape index (κ2) is 5.20. The molecule has 0 amide bonds. The molecule has 0 bridgehead atoms. The average molecular weight is 273 g/mol. The number of hydrogen-bond acceptors (Lipinski definition) is 6. The van der Waals surface area contributed by atoms with E-state index in [0.29, 0.717) is 17.0 Å². The van der Waals surface area contributed by atoms with Gasteiger partial charge in [-0.1, -0.05) is 0 Å². The molecular formula is C14H19N5O. The topological polar surface area (TPSA) is 74.2 Å². The predicted molar refractivity (Wildman–Crippen MR) is 78.2 cm³/mol. The average Bonchev–Trinajstić information content (AvgIpc) is 2.93. The van der Waals surface area contributed by atoms with E-state index in [1.165, 1.54) is 5.56 Å². The number of nitrogens with zero attached hydrogens (tertiary/aromatic N) is 4. The maximum absolute atomic E-state index is 10.4. The number of phenolic OH excluding ortho intramolecular Hbond substituents is 1. The molecule has 0 fully saturated rings. The Bertz CT molecular complexity index is 643. The molecule has 0 saturated heterocycles. The summed E-state index contributed by atoms with van der Waals surface area (Å²) in [5.74, 6) is 0.828. The number of aromatic hydroxyl groups is 1. The number of likely N-dealkylation sites (N-methyl/N-ethyl adjacent to an activating group) is 2. The third-order valence-corrected chi connectivity index (χ3v) is 3.82. The van der Waals surface area contributed by atoms with E-state index in [2.05, 4.69) is 20.5 Å². The molecule has 0 spiro atoms. The van der Waals surface area contributed by atoms with Crippen LogP contribution in [0.25, 0.3) is 11.0 Å². The van der Waals surface area contributed by atoms with Gasteiger partial charge in [0.15, 0.2) is 0 Å². The summed E-state index contributed by atoms with van der Waals surface area (Å²) >= 11 is 0. The maximum Gasteiger partial charge on any atom is 0.245 e. The molecule has 0 saturated carbocycles. The Hall–Kier alpha value is -1.95. The summed E-state index contributed by atoms with van der Waals surface area (Å²) < 4.78 is 0. The number of anilines is 1. The van der Waals surface area contributed by atoms with Gasteiger partial charge in [-0.05, 0) is 43.5 Å². The fraction of sp³-hybridized carbons (Fsp3) is 0.500. The highest BCUT2D eigenvalue weighted by Crippen LogP contribution is 2.35. The molecule has 0 atom stereocenters. The van der Waals surface area contributed by atoms with Gasteiger partial charge in [0.05, 0.1) is 0 Å². The number of fused-ring (bicyclic) bond motifs is 2. The molecular weight excluding hydrogens is 254 g/mol. The van der Waals surface area contributed by atoms with Gasteiger partial charge in [0.1, 0.15) is 16.8 Å². The first-order valence-corrected chi connectivity index (χ1v) is 6.94. The van der Waals surface area contributed by atoms with Crippen LogP contribution in [0.15, 0.2) is 6.07 Å². The fourth-order valence-electron chi connectivity index (χ4n) is 2.64. The summed E-state index contributed by atoms with van der Waals surface area (Å²) in [6, 6.07) is 2.01. The zero-order chi connectivity index (χ0) is 14.1. The number of hydrogen-bond donors (Lipinski definition) is 2. The molecule has 0 unspecified atom stereocenters. The molecule has 3 rings (SSSR count). The minimum Gasteiger partial charge on any atom is -0.505 e. The van der Waals surface area contributed by atoms with Crippen molar-refractivity contribution in [2.24, 2.45) is 0 Å². The summed E-state index contributed by atoms with van der Waals surface area (Å²) in [6.07, 6.45) is 3.01. The lowest BCUT2D eigenvalue weighted by Gasteiger charge is -2.16. The van der Waals surface area contributed by atoms with Crippen LogP contribution >= 0.6 is 0 Å². The van der Waals surface area contributed by atoms with E-state index in [9.17, 15) is 5.11 Å². The van der Waals surface area contributed by atoms with E-state index in [0.717, 1.165) is 37.9 Å². The van der Waals surface area contributed by atoms with Crippen molar-refractivity contribution in [3.63, 3.8) is 0 Å². The zero-order valence-electron chi connectivity index (χ0n) is 11.8. The Labute approximate surface area is 117 Å². The second-order valence-corrected chi connectivity index (χ2v) is 5.22. The van der Waals surface area contributed by atoms with Crippen LogP contribution < -0.4 is 10.2 Å². The highest BCUT2D eigenvalue weighted by molar-refractivity contribution is 5.84. The third-order valence-electron chi connectivity index (χ3n) is 3.82. The van der Waals surface area contributed by atoms with Crippen LogP contribution in [0.3, 0.4) is 0 Å². The van der Waals surface area contributed by atoms with Gasteiger partial charge < -0.3 is 15.3 Å². The highest BCUT2D eigenvalue weighted by atomic mass is 16.3. The fourth-order valence-corrected chi connectivity index (χ4v) is 2.64. The van der Waals surface area contributed by atoms with Crippen LogP contribution in [0.5, 0.6) is 5.75 Å². The molecule has 2 N–H and O–H groups in total.